The number of nitrogens with one attached hydrogen (secondary N) is 1. The summed E-state index contributed by atoms with van der Waals surface area (Å²) in [4.78, 5) is 15.6. The number of carbonyl (C=O) groups excluding carboxylic acids is 1. The Morgan fingerprint density at radius 1 is 1.50 bits per heavy atom. The van der Waals surface area contributed by atoms with Crippen molar-refractivity contribution in [1.29, 1.82) is 0 Å². The Labute approximate surface area is 107 Å². The third kappa shape index (κ3) is 2.65. The molecule has 0 aliphatic carbocycles. The van der Waals surface area contributed by atoms with E-state index in [-0.39, 0.29) is 5.82 Å². The summed E-state index contributed by atoms with van der Waals surface area (Å²) in [7, 11) is 1.30. The van der Waals surface area contributed by atoms with Gasteiger partial charge in [-0.25, -0.2) is 14.2 Å². The molecule has 6 heteroatoms. The van der Waals surface area contributed by atoms with Gasteiger partial charge in [0.15, 0.2) is 5.13 Å². The fraction of sp³-hybridized carbons (Fsp3) is 0.167. The number of aryl methyl sites for hydroxylation is 1. The number of esters is 1. The molecule has 94 valence electrons. The molecule has 1 heterocycles. The predicted molar refractivity (Wildman–Crippen MR) is 67.9 cm³/mol. The van der Waals surface area contributed by atoms with Crippen LogP contribution in [0.4, 0.5) is 15.2 Å². The van der Waals surface area contributed by atoms with Gasteiger partial charge in [-0.05, 0) is 24.6 Å². The SMILES string of the molecule is COC(=O)c1cnc(Nc2cc(C)ccc2F)s1. The summed E-state index contributed by atoms with van der Waals surface area (Å²) in [5.41, 5.74) is 1.27. The van der Waals surface area contributed by atoms with Gasteiger partial charge in [-0.3, -0.25) is 0 Å². The molecule has 0 unspecified atom stereocenters. The van der Waals surface area contributed by atoms with E-state index < -0.39 is 5.97 Å². The maximum Gasteiger partial charge on any atom is 0.349 e. The molecule has 18 heavy (non-hydrogen) atoms. The molecule has 4 nitrogen and oxygen atoms in total. The van der Waals surface area contributed by atoms with E-state index in [9.17, 15) is 9.18 Å². The van der Waals surface area contributed by atoms with Crippen molar-refractivity contribution in [3.05, 3.63) is 40.7 Å². The van der Waals surface area contributed by atoms with E-state index in [0.29, 0.717) is 15.7 Å². The number of hydrogen-bond acceptors (Lipinski definition) is 5. The number of rotatable bonds is 3. The third-order valence-corrected chi connectivity index (χ3v) is 3.15. The second kappa shape index (κ2) is 5.14. The molecule has 0 saturated carbocycles. The predicted octanol–water partition coefficient (Wildman–Crippen LogP) is 3.12. The summed E-state index contributed by atoms with van der Waals surface area (Å²) in [6.07, 6.45) is 1.40. The molecule has 0 amide bonds. The van der Waals surface area contributed by atoms with E-state index in [2.05, 4.69) is 15.0 Å². The van der Waals surface area contributed by atoms with Gasteiger partial charge in [-0.1, -0.05) is 17.4 Å². The van der Waals surface area contributed by atoms with Crippen LogP contribution in [0, 0.1) is 12.7 Å². The third-order valence-electron chi connectivity index (χ3n) is 2.26. The van der Waals surface area contributed by atoms with Gasteiger partial charge in [0, 0.05) is 0 Å². The van der Waals surface area contributed by atoms with Crippen LogP contribution >= 0.6 is 11.3 Å². The second-order valence-electron chi connectivity index (χ2n) is 3.63. The monoisotopic (exact) mass is 266 g/mol. The van der Waals surface area contributed by atoms with Crippen LogP contribution in [0.2, 0.25) is 0 Å². The van der Waals surface area contributed by atoms with E-state index in [1.165, 1.54) is 19.4 Å². The van der Waals surface area contributed by atoms with Crippen molar-refractivity contribution in [3.8, 4) is 0 Å². The zero-order valence-corrected chi connectivity index (χ0v) is 10.7. The highest BCUT2D eigenvalue weighted by Gasteiger charge is 2.11. The number of benzene rings is 1. The van der Waals surface area contributed by atoms with Crippen LogP contribution in [-0.2, 0) is 4.74 Å². The lowest BCUT2D eigenvalue weighted by Gasteiger charge is -2.04. The van der Waals surface area contributed by atoms with E-state index in [0.717, 1.165) is 16.9 Å². The van der Waals surface area contributed by atoms with Crippen molar-refractivity contribution >= 4 is 28.1 Å². The highest BCUT2D eigenvalue weighted by atomic mass is 32.1. The quantitative estimate of drug-likeness (QED) is 0.867. The minimum atomic E-state index is -0.453. The maximum atomic E-state index is 13.5. The number of ether oxygens (including phenoxy) is 1. The fourth-order valence-electron chi connectivity index (χ4n) is 1.38. The Kier molecular flexibility index (Phi) is 3.57. The number of anilines is 2. The van der Waals surface area contributed by atoms with E-state index in [1.54, 1.807) is 12.1 Å². The number of aromatic nitrogens is 1. The number of hydrogen-bond donors (Lipinski definition) is 1. The Bertz CT molecular complexity index is 583. The summed E-state index contributed by atoms with van der Waals surface area (Å²) in [5, 5.41) is 3.28. The average molecular weight is 266 g/mol. The molecule has 0 bridgehead atoms. The first-order valence-corrected chi connectivity index (χ1v) is 5.99. The van der Waals surface area contributed by atoms with E-state index in [1.807, 2.05) is 6.92 Å². The molecule has 0 radical (unpaired) electrons. The fourth-order valence-corrected chi connectivity index (χ4v) is 2.12. The lowest BCUT2D eigenvalue weighted by Crippen LogP contribution is -1.96. The smallest absolute Gasteiger partial charge is 0.349 e. The molecule has 0 aliphatic heterocycles. The van der Waals surface area contributed by atoms with Gasteiger partial charge in [-0.15, -0.1) is 0 Å². The molecule has 0 aliphatic rings. The standard InChI is InChI=1S/C12H11FN2O2S/c1-7-3-4-8(13)9(5-7)15-12-14-6-10(18-12)11(16)17-2/h3-6H,1-2H3,(H,14,15). The number of carbonyl (C=O) groups is 1. The molecule has 2 aromatic rings. The first-order chi connectivity index (χ1) is 8.60. The van der Waals surface area contributed by atoms with E-state index in [4.69, 9.17) is 0 Å². The maximum absolute atomic E-state index is 13.5. The Hall–Kier alpha value is -1.95. The number of nitrogens with zero attached hydrogens (tertiary/aromatic N) is 1. The molecule has 0 atom stereocenters. The van der Waals surface area contributed by atoms with Crippen LogP contribution in [0.3, 0.4) is 0 Å². The topological polar surface area (TPSA) is 51.2 Å². The molecule has 0 spiro atoms. The minimum absolute atomic E-state index is 0.334. The highest BCUT2D eigenvalue weighted by Crippen LogP contribution is 2.25. The zero-order valence-electron chi connectivity index (χ0n) is 9.86. The van der Waals surface area contributed by atoms with Crippen LogP contribution in [0.5, 0.6) is 0 Å². The summed E-state index contributed by atoms with van der Waals surface area (Å²) < 4.78 is 18.1. The van der Waals surface area contributed by atoms with Gasteiger partial charge in [0.1, 0.15) is 10.7 Å². The van der Waals surface area contributed by atoms with Crippen LogP contribution in [0.15, 0.2) is 24.4 Å². The van der Waals surface area contributed by atoms with Gasteiger partial charge < -0.3 is 10.1 Å². The first-order valence-electron chi connectivity index (χ1n) is 5.17. The number of halogens is 1. The van der Waals surface area contributed by atoms with Crippen molar-refractivity contribution in [2.24, 2.45) is 0 Å². The van der Waals surface area contributed by atoms with Gasteiger partial charge in [0.25, 0.3) is 0 Å². The molecular formula is C12H11FN2O2S. The van der Waals surface area contributed by atoms with Gasteiger partial charge >= 0.3 is 5.97 Å². The largest absolute Gasteiger partial charge is 0.465 e. The Morgan fingerprint density at radius 3 is 3.00 bits per heavy atom. The Morgan fingerprint density at radius 2 is 2.28 bits per heavy atom. The van der Waals surface area contributed by atoms with Gasteiger partial charge in [0.2, 0.25) is 0 Å². The highest BCUT2D eigenvalue weighted by molar-refractivity contribution is 7.17. The van der Waals surface area contributed by atoms with Crippen molar-refractivity contribution < 1.29 is 13.9 Å². The van der Waals surface area contributed by atoms with Crippen LogP contribution in [0.25, 0.3) is 0 Å². The van der Waals surface area contributed by atoms with Crippen molar-refractivity contribution in [1.82, 2.24) is 4.98 Å². The van der Waals surface area contributed by atoms with Crippen LogP contribution in [0.1, 0.15) is 15.2 Å². The van der Waals surface area contributed by atoms with Gasteiger partial charge in [0.05, 0.1) is 19.0 Å². The van der Waals surface area contributed by atoms with Crippen molar-refractivity contribution in [2.45, 2.75) is 6.92 Å². The summed E-state index contributed by atoms with van der Waals surface area (Å²) in [5.74, 6) is -0.819. The summed E-state index contributed by atoms with van der Waals surface area (Å²) in [6, 6.07) is 4.74. The average Bonchev–Trinajstić information content (AvgIpc) is 2.81. The van der Waals surface area contributed by atoms with Crippen LogP contribution < -0.4 is 5.32 Å². The van der Waals surface area contributed by atoms with Crippen LogP contribution in [-0.4, -0.2) is 18.1 Å². The first kappa shape index (κ1) is 12.5. The molecular weight excluding hydrogens is 255 g/mol. The normalized spacial score (nSPS) is 10.2. The molecule has 2 rings (SSSR count). The Balaban J connectivity index is 2.21. The molecule has 1 N–H and O–H groups in total. The lowest BCUT2D eigenvalue weighted by molar-refractivity contribution is 0.0606. The summed E-state index contributed by atoms with van der Waals surface area (Å²) in [6.45, 7) is 1.87. The zero-order chi connectivity index (χ0) is 13.1. The number of thiazole rings is 1. The molecule has 1 aromatic heterocycles. The minimum Gasteiger partial charge on any atom is -0.465 e. The summed E-state index contributed by atoms with van der Waals surface area (Å²) >= 11 is 1.11. The second-order valence-corrected chi connectivity index (χ2v) is 4.66. The lowest BCUT2D eigenvalue weighted by atomic mass is 10.2. The van der Waals surface area contributed by atoms with Crippen molar-refractivity contribution in [2.75, 3.05) is 12.4 Å². The van der Waals surface area contributed by atoms with E-state index >= 15 is 0 Å². The van der Waals surface area contributed by atoms with Crippen molar-refractivity contribution in [3.63, 3.8) is 0 Å². The molecule has 1 aromatic carbocycles. The number of methoxy groups -OCH3 is 1. The molecule has 0 fully saturated rings. The molecule has 0 saturated heterocycles. The van der Waals surface area contributed by atoms with Gasteiger partial charge in [-0.2, -0.15) is 0 Å².